The van der Waals surface area contributed by atoms with Gasteiger partial charge in [-0.3, -0.25) is 9.59 Å². The summed E-state index contributed by atoms with van der Waals surface area (Å²) in [4.78, 5) is 34.9. The van der Waals surface area contributed by atoms with Crippen molar-refractivity contribution in [3.8, 4) is 17.4 Å². The number of alkyl halides is 3. The highest BCUT2D eigenvalue weighted by molar-refractivity contribution is 6.01. The van der Waals surface area contributed by atoms with Crippen LogP contribution in [-0.4, -0.2) is 73.2 Å². The lowest BCUT2D eigenvalue weighted by Crippen LogP contribution is -2.53. The van der Waals surface area contributed by atoms with Gasteiger partial charge in [0, 0.05) is 32.5 Å². The molecule has 11 nitrogen and oxygen atoms in total. The Bertz CT molecular complexity index is 1550. The molecule has 15 heteroatoms. The van der Waals surface area contributed by atoms with Crippen LogP contribution < -0.4 is 25.4 Å². The minimum absolute atomic E-state index is 0.00161. The third kappa shape index (κ3) is 6.32. The van der Waals surface area contributed by atoms with Crippen LogP contribution in [-0.2, 0) is 17.5 Å². The average Bonchev–Trinajstić information content (AvgIpc) is 3.35. The van der Waals surface area contributed by atoms with Crippen LogP contribution in [0.1, 0.15) is 38.3 Å². The number of fused-ring (bicyclic) bond motifs is 1. The van der Waals surface area contributed by atoms with Crippen LogP contribution in [0.15, 0.2) is 36.5 Å². The number of ether oxygens (including phenoxy) is 3. The smallest absolute Gasteiger partial charge is 0.423 e. The van der Waals surface area contributed by atoms with Crippen molar-refractivity contribution in [2.45, 2.75) is 31.3 Å². The van der Waals surface area contributed by atoms with Crippen LogP contribution in [0.4, 0.5) is 29.2 Å². The van der Waals surface area contributed by atoms with Crippen molar-refractivity contribution in [2.24, 2.45) is 0 Å². The van der Waals surface area contributed by atoms with Crippen LogP contribution in [0.5, 0.6) is 17.4 Å². The summed E-state index contributed by atoms with van der Waals surface area (Å²) in [6.07, 6.45) is -4.06. The van der Waals surface area contributed by atoms with Gasteiger partial charge in [0.05, 0.1) is 36.1 Å². The molecule has 3 heterocycles. The molecule has 228 valence electrons. The number of hydrogen-bond acceptors (Lipinski definition) is 9. The number of halogens is 4. The van der Waals surface area contributed by atoms with Crippen molar-refractivity contribution >= 4 is 23.5 Å². The van der Waals surface area contributed by atoms with Gasteiger partial charge in [-0.05, 0) is 37.7 Å². The van der Waals surface area contributed by atoms with Gasteiger partial charge in [0.1, 0.15) is 22.9 Å². The summed E-state index contributed by atoms with van der Waals surface area (Å²) in [6, 6.07) is 6.31. The van der Waals surface area contributed by atoms with E-state index in [0.717, 1.165) is 18.7 Å². The molecular weight excluding hydrogens is 576 g/mol. The Labute approximate surface area is 243 Å². The molecule has 0 bridgehead atoms. The number of aromatic nitrogens is 2. The van der Waals surface area contributed by atoms with Crippen molar-refractivity contribution < 1.29 is 41.4 Å². The number of carbonyl (C=O) groups is 2. The number of anilines is 2. The van der Waals surface area contributed by atoms with Gasteiger partial charge in [0.2, 0.25) is 11.8 Å². The summed E-state index contributed by atoms with van der Waals surface area (Å²) in [5, 5.41) is 8.02. The van der Waals surface area contributed by atoms with Crippen molar-refractivity contribution in [3.05, 3.63) is 64.6 Å². The molecule has 5 rings (SSSR count). The number of likely N-dealkylation sites (N-methyl/N-ethyl adjacent to an activating group) is 1. The topological polar surface area (TPSA) is 127 Å². The maximum atomic E-state index is 15.2. The molecule has 2 aliphatic heterocycles. The standard InChI is InChI=1S/C28H28F4N6O5/c1-38-8-7-18(22(13-38)42-3)35-24(39)15-9-21(41-2)19(10-17(15)29)36-27-34-12-16(28(30,31)32)26(37-27)43-20-6-4-5-14-11-33-25(40)23(14)20/h4-6,9-10,12,18,22H,7-8,11,13H2,1-3H3,(H,33,40)(H,35,39)(H,34,36,37)/t18?,22-/m0/s1. The number of carbonyl (C=O) groups excluding carboxylic acids is 2. The molecule has 0 aliphatic carbocycles. The molecule has 3 N–H and O–H groups in total. The van der Waals surface area contributed by atoms with Gasteiger partial charge in [-0.1, -0.05) is 12.1 Å². The van der Waals surface area contributed by atoms with Crippen molar-refractivity contribution in [3.63, 3.8) is 0 Å². The molecule has 2 aliphatic rings. The van der Waals surface area contributed by atoms with E-state index in [9.17, 15) is 22.8 Å². The fourth-order valence-corrected chi connectivity index (χ4v) is 4.97. The van der Waals surface area contributed by atoms with Crippen LogP contribution in [0.2, 0.25) is 0 Å². The molecule has 1 unspecified atom stereocenters. The number of piperidine rings is 1. The summed E-state index contributed by atoms with van der Waals surface area (Å²) in [7, 11) is 4.75. The summed E-state index contributed by atoms with van der Waals surface area (Å²) in [6.45, 7) is 1.52. The Hall–Kier alpha value is -4.50. The number of likely N-dealkylation sites (tertiary alicyclic amines) is 1. The van der Waals surface area contributed by atoms with Gasteiger partial charge in [-0.15, -0.1) is 0 Å². The zero-order valence-corrected chi connectivity index (χ0v) is 23.3. The SMILES string of the molecule is COc1cc(C(=O)NC2CCN(C)C[C@@H]2OC)c(F)cc1Nc1ncc(C(F)(F)F)c(Oc2cccc3c2C(=O)NC3)n1. The number of rotatable bonds is 8. The number of nitrogens with one attached hydrogen (secondary N) is 3. The zero-order chi connectivity index (χ0) is 30.9. The summed E-state index contributed by atoms with van der Waals surface area (Å²) in [5.41, 5.74) is -0.997. The van der Waals surface area contributed by atoms with E-state index in [1.54, 1.807) is 6.07 Å². The molecule has 0 radical (unpaired) electrons. The molecule has 1 fully saturated rings. The fourth-order valence-electron chi connectivity index (χ4n) is 4.97. The number of benzene rings is 2. The Kier molecular flexibility index (Phi) is 8.37. The van der Waals surface area contributed by atoms with Crippen LogP contribution in [0.3, 0.4) is 0 Å². The summed E-state index contributed by atoms with van der Waals surface area (Å²) < 4.78 is 73.0. The van der Waals surface area contributed by atoms with Gasteiger partial charge in [0.25, 0.3) is 11.8 Å². The second-order valence-electron chi connectivity index (χ2n) is 10.0. The third-order valence-corrected chi connectivity index (χ3v) is 7.21. The third-order valence-electron chi connectivity index (χ3n) is 7.21. The van der Waals surface area contributed by atoms with Gasteiger partial charge in [-0.25, -0.2) is 9.37 Å². The maximum absolute atomic E-state index is 15.2. The van der Waals surface area contributed by atoms with Crippen molar-refractivity contribution in [2.75, 3.05) is 39.7 Å². The van der Waals surface area contributed by atoms with Crippen LogP contribution in [0.25, 0.3) is 0 Å². The van der Waals surface area contributed by atoms with E-state index in [0.29, 0.717) is 24.7 Å². The lowest BCUT2D eigenvalue weighted by atomic mass is 10.0. The predicted octanol–water partition coefficient (Wildman–Crippen LogP) is 3.87. The average molecular weight is 605 g/mol. The van der Waals surface area contributed by atoms with E-state index in [2.05, 4.69) is 30.8 Å². The largest absolute Gasteiger partial charge is 0.495 e. The van der Waals surface area contributed by atoms with E-state index in [1.807, 2.05) is 7.05 Å². The molecule has 3 aromatic rings. The molecule has 1 saturated heterocycles. The highest BCUT2D eigenvalue weighted by atomic mass is 19.4. The molecule has 2 amide bonds. The van der Waals surface area contributed by atoms with Gasteiger partial charge in [-0.2, -0.15) is 18.2 Å². The first kappa shape index (κ1) is 30.0. The summed E-state index contributed by atoms with van der Waals surface area (Å²) >= 11 is 0. The predicted molar refractivity (Wildman–Crippen MR) is 145 cm³/mol. The lowest BCUT2D eigenvalue weighted by molar-refractivity contribution is -0.139. The van der Waals surface area contributed by atoms with Gasteiger partial charge >= 0.3 is 6.18 Å². The number of hydrogen-bond donors (Lipinski definition) is 3. The highest BCUT2D eigenvalue weighted by Crippen LogP contribution is 2.39. The quantitative estimate of drug-likeness (QED) is 0.329. The first-order chi connectivity index (χ1) is 20.5. The molecule has 0 saturated carbocycles. The zero-order valence-electron chi connectivity index (χ0n) is 23.3. The first-order valence-electron chi connectivity index (χ1n) is 13.2. The highest BCUT2D eigenvalue weighted by Gasteiger charge is 2.37. The van der Waals surface area contributed by atoms with Crippen LogP contribution in [0, 0.1) is 5.82 Å². The Morgan fingerprint density at radius 2 is 1.98 bits per heavy atom. The molecule has 2 aromatic carbocycles. The summed E-state index contributed by atoms with van der Waals surface area (Å²) in [5.74, 6) is -3.48. The minimum atomic E-state index is -4.89. The molecule has 2 atom stereocenters. The van der Waals surface area contributed by atoms with E-state index in [-0.39, 0.29) is 53.0 Å². The lowest BCUT2D eigenvalue weighted by Gasteiger charge is -2.36. The fraction of sp³-hybridized carbons (Fsp3) is 0.357. The second-order valence-corrected chi connectivity index (χ2v) is 10.0. The second kappa shape index (κ2) is 12.0. The van der Waals surface area contributed by atoms with Gasteiger partial charge in [0.15, 0.2) is 0 Å². The van der Waals surface area contributed by atoms with Crippen molar-refractivity contribution in [1.82, 2.24) is 25.5 Å². The van der Waals surface area contributed by atoms with Crippen LogP contribution >= 0.6 is 0 Å². The van der Waals surface area contributed by atoms with E-state index < -0.39 is 35.3 Å². The Balaban J connectivity index is 1.42. The molecule has 43 heavy (non-hydrogen) atoms. The van der Waals surface area contributed by atoms with E-state index in [1.165, 1.54) is 26.4 Å². The number of nitrogens with zero attached hydrogens (tertiary/aromatic N) is 3. The van der Waals surface area contributed by atoms with Gasteiger partial charge < -0.3 is 35.1 Å². The minimum Gasteiger partial charge on any atom is -0.495 e. The number of amides is 2. The molecule has 0 spiro atoms. The normalized spacial score (nSPS) is 18.5. The Morgan fingerprint density at radius 3 is 2.70 bits per heavy atom. The number of methoxy groups -OCH3 is 2. The van der Waals surface area contributed by atoms with E-state index in [4.69, 9.17) is 14.2 Å². The van der Waals surface area contributed by atoms with E-state index >= 15 is 4.39 Å². The first-order valence-corrected chi connectivity index (χ1v) is 13.2. The maximum Gasteiger partial charge on any atom is 0.423 e. The molecule has 1 aromatic heterocycles. The Morgan fingerprint density at radius 1 is 1.19 bits per heavy atom. The van der Waals surface area contributed by atoms with Crippen molar-refractivity contribution in [1.29, 1.82) is 0 Å². The monoisotopic (exact) mass is 604 g/mol. The molecular formula is C28H28F4N6O5.